The topological polar surface area (TPSA) is 66.8 Å². The molecule has 1 atom stereocenters. The van der Waals surface area contributed by atoms with Gasteiger partial charge in [0.2, 0.25) is 0 Å². The third-order valence-electron chi connectivity index (χ3n) is 5.80. The molecule has 0 saturated carbocycles. The maximum absolute atomic E-state index is 13.2. The first-order valence-corrected chi connectivity index (χ1v) is 11.0. The molecule has 1 amide bonds. The van der Waals surface area contributed by atoms with Crippen molar-refractivity contribution in [1.29, 1.82) is 0 Å². The second kappa shape index (κ2) is 8.93. The van der Waals surface area contributed by atoms with Gasteiger partial charge < -0.3 is 9.84 Å². The monoisotopic (exact) mass is 481 g/mol. The Balaban J connectivity index is 1.96. The molecule has 1 saturated heterocycles. The second-order valence-electron chi connectivity index (χ2n) is 7.82. The van der Waals surface area contributed by atoms with E-state index in [1.807, 2.05) is 56.3 Å². The third-order valence-corrected chi connectivity index (χ3v) is 6.37. The van der Waals surface area contributed by atoms with Gasteiger partial charge in [-0.1, -0.05) is 59.6 Å². The van der Waals surface area contributed by atoms with Crippen molar-refractivity contribution >= 4 is 46.3 Å². The van der Waals surface area contributed by atoms with E-state index in [1.54, 1.807) is 6.07 Å². The zero-order valence-electron chi connectivity index (χ0n) is 18.2. The molecule has 1 N–H and O–H groups in total. The van der Waals surface area contributed by atoms with Crippen molar-refractivity contribution in [2.45, 2.75) is 19.9 Å². The highest BCUT2D eigenvalue weighted by atomic mass is 35.5. The molecule has 1 aliphatic rings. The molecule has 1 unspecified atom stereocenters. The smallest absolute Gasteiger partial charge is 0.300 e. The third kappa shape index (κ3) is 3.99. The van der Waals surface area contributed by atoms with Crippen molar-refractivity contribution in [2.75, 3.05) is 12.0 Å². The minimum atomic E-state index is -0.826. The van der Waals surface area contributed by atoms with Crippen molar-refractivity contribution in [3.05, 3.63) is 98.5 Å². The fourth-order valence-corrected chi connectivity index (χ4v) is 4.61. The molecule has 4 rings (SSSR count). The first-order valence-electron chi connectivity index (χ1n) is 10.2. The van der Waals surface area contributed by atoms with Crippen molar-refractivity contribution in [1.82, 2.24) is 0 Å². The van der Waals surface area contributed by atoms with Crippen LogP contribution in [0.15, 0.2) is 66.2 Å². The normalized spacial score (nSPS) is 17.5. The van der Waals surface area contributed by atoms with Gasteiger partial charge >= 0.3 is 0 Å². The Labute approximate surface area is 201 Å². The van der Waals surface area contributed by atoms with Crippen LogP contribution in [0.1, 0.15) is 28.3 Å². The van der Waals surface area contributed by atoms with E-state index in [2.05, 4.69) is 0 Å². The number of halogens is 2. The number of nitrogens with zero attached hydrogens (tertiary/aromatic N) is 1. The number of ketones is 1. The van der Waals surface area contributed by atoms with Crippen molar-refractivity contribution in [3.8, 4) is 5.75 Å². The maximum atomic E-state index is 13.2. The van der Waals surface area contributed by atoms with Gasteiger partial charge in [0.05, 0.1) is 28.8 Å². The summed E-state index contributed by atoms with van der Waals surface area (Å²) in [5.41, 5.74) is 3.47. The Morgan fingerprint density at radius 3 is 2.15 bits per heavy atom. The van der Waals surface area contributed by atoms with E-state index in [4.69, 9.17) is 27.9 Å². The van der Waals surface area contributed by atoms with Crippen LogP contribution in [-0.2, 0) is 9.59 Å². The average molecular weight is 482 g/mol. The Kier molecular flexibility index (Phi) is 6.19. The zero-order valence-corrected chi connectivity index (χ0v) is 19.7. The number of ether oxygens (including phenoxy) is 1. The minimum Gasteiger partial charge on any atom is -0.507 e. The molecule has 5 nitrogen and oxygen atoms in total. The van der Waals surface area contributed by atoms with E-state index in [0.717, 1.165) is 11.1 Å². The number of Topliss-reactive ketones (excluding diaryl/α,β-unsaturated/α-hetero) is 1. The fourth-order valence-electron chi connectivity index (χ4n) is 3.97. The number of anilines is 1. The number of hydrogen-bond acceptors (Lipinski definition) is 4. The lowest BCUT2D eigenvalue weighted by Gasteiger charge is -2.26. The molecular formula is C26H21Cl2NO4. The number of aryl methyl sites for hydroxylation is 2. The maximum Gasteiger partial charge on any atom is 0.300 e. The first kappa shape index (κ1) is 22.9. The van der Waals surface area contributed by atoms with Crippen LogP contribution in [-0.4, -0.2) is 23.9 Å². The van der Waals surface area contributed by atoms with Gasteiger partial charge in [-0.05, 0) is 54.8 Å². The predicted molar refractivity (Wildman–Crippen MR) is 130 cm³/mol. The van der Waals surface area contributed by atoms with Crippen LogP contribution in [0.25, 0.3) is 5.76 Å². The molecule has 0 bridgehead atoms. The molecule has 168 valence electrons. The zero-order chi connectivity index (χ0) is 23.9. The molecule has 1 aliphatic heterocycles. The molecule has 0 spiro atoms. The molecule has 0 aliphatic carbocycles. The summed E-state index contributed by atoms with van der Waals surface area (Å²) >= 11 is 12.5. The summed E-state index contributed by atoms with van der Waals surface area (Å²) in [6.45, 7) is 3.91. The van der Waals surface area contributed by atoms with Gasteiger partial charge in [-0.2, -0.15) is 0 Å². The van der Waals surface area contributed by atoms with Gasteiger partial charge in [0.15, 0.2) is 5.75 Å². The van der Waals surface area contributed by atoms with E-state index in [-0.39, 0.29) is 32.7 Å². The number of benzene rings is 3. The van der Waals surface area contributed by atoms with Crippen LogP contribution in [0.3, 0.4) is 0 Å². The van der Waals surface area contributed by atoms with Crippen LogP contribution >= 0.6 is 23.2 Å². The van der Waals surface area contributed by atoms with Crippen molar-refractivity contribution in [3.63, 3.8) is 0 Å². The SMILES string of the molecule is COc1c(Cl)cc(/C(O)=C2\C(=O)C(=O)N(c3ccc(C)c(C)c3)C2c2ccccc2)cc1Cl. The summed E-state index contributed by atoms with van der Waals surface area (Å²) < 4.78 is 5.17. The second-order valence-corrected chi connectivity index (χ2v) is 8.64. The van der Waals surface area contributed by atoms with E-state index in [0.29, 0.717) is 11.3 Å². The van der Waals surface area contributed by atoms with Crippen LogP contribution in [0.2, 0.25) is 10.0 Å². The van der Waals surface area contributed by atoms with Crippen LogP contribution < -0.4 is 9.64 Å². The number of hydrogen-bond donors (Lipinski definition) is 1. The summed E-state index contributed by atoms with van der Waals surface area (Å²) in [4.78, 5) is 27.9. The molecule has 0 aromatic heterocycles. The van der Waals surface area contributed by atoms with Gasteiger partial charge in [0.1, 0.15) is 5.76 Å². The minimum absolute atomic E-state index is 0.0401. The van der Waals surface area contributed by atoms with Crippen LogP contribution in [0.5, 0.6) is 5.75 Å². The van der Waals surface area contributed by atoms with Gasteiger partial charge in [-0.3, -0.25) is 14.5 Å². The van der Waals surface area contributed by atoms with Crippen LogP contribution in [0.4, 0.5) is 5.69 Å². The lowest BCUT2D eigenvalue weighted by atomic mass is 9.95. The molecule has 1 fully saturated rings. The number of amides is 1. The summed E-state index contributed by atoms with van der Waals surface area (Å²) in [7, 11) is 1.43. The largest absolute Gasteiger partial charge is 0.507 e. The van der Waals surface area contributed by atoms with E-state index in [1.165, 1.54) is 24.1 Å². The Morgan fingerprint density at radius 2 is 1.58 bits per heavy atom. The summed E-state index contributed by atoms with van der Waals surface area (Å²) in [6.07, 6.45) is 0. The molecule has 0 radical (unpaired) electrons. The molecule has 3 aromatic rings. The number of aliphatic hydroxyl groups excluding tert-OH is 1. The van der Waals surface area contributed by atoms with Gasteiger partial charge in [-0.15, -0.1) is 0 Å². The highest BCUT2D eigenvalue weighted by Crippen LogP contribution is 2.44. The van der Waals surface area contributed by atoms with E-state index >= 15 is 0 Å². The first-order chi connectivity index (χ1) is 15.7. The summed E-state index contributed by atoms with van der Waals surface area (Å²) in [6, 6.07) is 16.7. The number of rotatable bonds is 4. The van der Waals surface area contributed by atoms with Gasteiger partial charge in [-0.25, -0.2) is 0 Å². The number of aliphatic hydroxyl groups is 1. The molecule has 33 heavy (non-hydrogen) atoms. The highest BCUT2D eigenvalue weighted by Gasteiger charge is 2.47. The van der Waals surface area contributed by atoms with Crippen molar-refractivity contribution < 1.29 is 19.4 Å². The van der Waals surface area contributed by atoms with Crippen molar-refractivity contribution in [2.24, 2.45) is 0 Å². The quantitative estimate of drug-likeness (QED) is 0.271. The Morgan fingerprint density at radius 1 is 0.939 bits per heavy atom. The number of carbonyl (C=O) groups is 2. The molecular weight excluding hydrogens is 461 g/mol. The summed E-state index contributed by atoms with van der Waals surface area (Å²) in [5, 5.41) is 11.6. The Bertz CT molecular complexity index is 1280. The average Bonchev–Trinajstić information content (AvgIpc) is 3.06. The van der Waals surface area contributed by atoms with E-state index < -0.39 is 17.7 Å². The van der Waals surface area contributed by atoms with Crippen LogP contribution in [0, 0.1) is 13.8 Å². The predicted octanol–water partition coefficient (Wildman–Crippen LogP) is 6.25. The lowest BCUT2D eigenvalue weighted by Crippen LogP contribution is -2.29. The van der Waals surface area contributed by atoms with Gasteiger partial charge in [0.25, 0.3) is 11.7 Å². The Hall–Kier alpha value is -3.28. The molecule has 3 aromatic carbocycles. The van der Waals surface area contributed by atoms with Gasteiger partial charge in [0, 0.05) is 11.3 Å². The standard InChI is InChI=1S/C26H21Cl2NO4/c1-14-9-10-18(11-15(14)2)29-22(16-7-5-4-6-8-16)21(24(31)26(29)32)23(30)17-12-19(27)25(33-3)20(28)13-17/h4-13,22,30H,1-3H3/b23-21+. The number of methoxy groups -OCH3 is 1. The highest BCUT2D eigenvalue weighted by molar-refractivity contribution is 6.51. The fraction of sp³-hybridized carbons (Fsp3) is 0.154. The lowest BCUT2D eigenvalue weighted by molar-refractivity contribution is -0.132. The molecule has 7 heteroatoms. The summed E-state index contributed by atoms with van der Waals surface area (Å²) in [5.74, 6) is -1.62. The number of carbonyl (C=O) groups excluding carboxylic acids is 2. The molecule has 1 heterocycles. The van der Waals surface area contributed by atoms with E-state index in [9.17, 15) is 14.7 Å².